The number of nitrogens with zero attached hydrogens (tertiary/aromatic N) is 1. The predicted octanol–water partition coefficient (Wildman–Crippen LogP) is 5.14. The highest BCUT2D eigenvalue weighted by Crippen LogP contribution is 2.32. The van der Waals surface area contributed by atoms with Crippen LogP contribution in [0.3, 0.4) is 0 Å². The third kappa shape index (κ3) is 2.89. The average Bonchev–Trinajstić information content (AvgIpc) is 2.47. The molecule has 1 aliphatic heterocycles. The zero-order valence-corrected chi connectivity index (χ0v) is 12.3. The lowest BCUT2D eigenvalue weighted by Crippen LogP contribution is -2.16. The lowest BCUT2D eigenvalue weighted by atomic mass is 9.95. The minimum absolute atomic E-state index is 0.369. The maximum absolute atomic E-state index is 14.1. The number of allylic oxidation sites excluding steroid dienone is 2. The molecule has 1 nitrogen and oxygen atoms in total. The van der Waals surface area contributed by atoms with Gasteiger partial charge in [0, 0.05) is 6.20 Å². The molecule has 1 heterocycles. The van der Waals surface area contributed by atoms with Crippen molar-refractivity contribution in [2.75, 3.05) is 0 Å². The van der Waals surface area contributed by atoms with E-state index < -0.39 is 0 Å². The second-order valence-corrected chi connectivity index (χ2v) is 5.51. The molecule has 106 valence electrons. The molecule has 0 fully saturated rings. The fourth-order valence-corrected chi connectivity index (χ4v) is 2.76. The number of hydrogen-bond acceptors (Lipinski definition) is 1. The summed E-state index contributed by atoms with van der Waals surface area (Å²) in [7, 11) is 0. The van der Waals surface area contributed by atoms with E-state index in [0.717, 1.165) is 21.8 Å². The fraction of sp³-hybridized carbons (Fsp3) is 0.158. The first-order chi connectivity index (χ1) is 10.1. The summed E-state index contributed by atoms with van der Waals surface area (Å²) in [5.74, 6) is 0. The lowest BCUT2D eigenvalue weighted by Gasteiger charge is -2.24. The van der Waals surface area contributed by atoms with Gasteiger partial charge in [0.25, 0.3) is 0 Å². The van der Waals surface area contributed by atoms with Crippen LogP contribution < -0.4 is 0 Å². The van der Waals surface area contributed by atoms with Gasteiger partial charge in [-0.2, -0.15) is 0 Å². The Bertz CT molecular complexity index is 681. The zero-order chi connectivity index (χ0) is 14.8. The molecule has 0 saturated heterocycles. The van der Waals surface area contributed by atoms with Crippen LogP contribution in [0.4, 0.5) is 4.48 Å². The number of halogens is 1. The molecule has 2 heteroatoms. The van der Waals surface area contributed by atoms with E-state index in [4.69, 9.17) is 0 Å². The van der Waals surface area contributed by atoms with Gasteiger partial charge >= 0.3 is 0 Å². The Balaban J connectivity index is 2.01. The van der Waals surface area contributed by atoms with Crippen LogP contribution in [0.5, 0.6) is 0 Å². The van der Waals surface area contributed by atoms with Gasteiger partial charge in [-0.3, -0.25) is 0 Å². The molecule has 0 N–H and O–H groups in total. The summed E-state index contributed by atoms with van der Waals surface area (Å²) in [5, 5.41) is 0.751. The molecular formula is C19H18FN. The quantitative estimate of drug-likeness (QED) is 0.688. The number of hydrogen-bond donors (Lipinski definition) is 0. The topological polar surface area (TPSA) is 3.24 Å². The summed E-state index contributed by atoms with van der Waals surface area (Å²) in [6.07, 6.45) is 5.31. The predicted molar refractivity (Wildman–Crippen MR) is 85.2 cm³/mol. The van der Waals surface area contributed by atoms with E-state index in [1.807, 2.05) is 42.5 Å². The molecule has 3 rings (SSSR count). The molecular weight excluding hydrogens is 261 g/mol. The van der Waals surface area contributed by atoms with Crippen molar-refractivity contribution in [3.63, 3.8) is 0 Å². The maximum Gasteiger partial charge on any atom is 0.105 e. The smallest absolute Gasteiger partial charge is 0.105 e. The SMILES string of the molecule is Cc1cc(C)cc(C2=CC(c3ccccc3)N(F)C=C2)c1. The van der Waals surface area contributed by atoms with Crippen LogP contribution in [0.15, 0.2) is 66.9 Å². The van der Waals surface area contributed by atoms with Crippen LogP contribution >= 0.6 is 0 Å². The monoisotopic (exact) mass is 279 g/mol. The third-order valence-electron chi connectivity index (χ3n) is 3.70. The van der Waals surface area contributed by atoms with Gasteiger partial charge in [0.1, 0.15) is 6.04 Å². The standard InChI is InChI=1S/C19H18FN/c1-14-10-15(2)12-18(11-14)17-8-9-21(20)19(13-17)16-6-4-3-5-7-16/h3-13,19H,1-2H3. The van der Waals surface area contributed by atoms with Crippen LogP contribution in [-0.2, 0) is 0 Å². The third-order valence-corrected chi connectivity index (χ3v) is 3.70. The summed E-state index contributed by atoms with van der Waals surface area (Å²) in [6.45, 7) is 4.17. The normalized spacial score (nSPS) is 17.8. The van der Waals surface area contributed by atoms with E-state index in [1.165, 1.54) is 17.3 Å². The Labute approximate surface area is 125 Å². The van der Waals surface area contributed by atoms with Crippen molar-refractivity contribution in [2.45, 2.75) is 19.9 Å². The van der Waals surface area contributed by atoms with Gasteiger partial charge in [-0.25, -0.2) is 5.12 Å². The Morgan fingerprint density at radius 3 is 2.29 bits per heavy atom. The first-order valence-corrected chi connectivity index (χ1v) is 7.11. The van der Waals surface area contributed by atoms with E-state index in [9.17, 15) is 4.48 Å². The van der Waals surface area contributed by atoms with Crippen molar-refractivity contribution in [1.29, 1.82) is 0 Å². The second kappa shape index (κ2) is 5.57. The molecule has 1 aliphatic rings. The van der Waals surface area contributed by atoms with Crippen LogP contribution in [0.25, 0.3) is 5.57 Å². The summed E-state index contributed by atoms with van der Waals surface area (Å²) in [6, 6.07) is 15.8. The molecule has 21 heavy (non-hydrogen) atoms. The average molecular weight is 279 g/mol. The number of aryl methyl sites for hydroxylation is 2. The second-order valence-electron chi connectivity index (χ2n) is 5.51. The van der Waals surface area contributed by atoms with Gasteiger partial charge in [-0.1, -0.05) is 64.1 Å². The van der Waals surface area contributed by atoms with Crippen molar-refractivity contribution in [3.8, 4) is 0 Å². The van der Waals surface area contributed by atoms with Gasteiger partial charge in [0.05, 0.1) is 0 Å². The minimum Gasteiger partial charge on any atom is -0.208 e. The van der Waals surface area contributed by atoms with Crippen molar-refractivity contribution < 1.29 is 4.48 Å². The molecule has 2 aromatic rings. The van der Waals surface area contributed by atoms with Crippen molar-refractivity contribution >= 4 is 5.57 Å². The van der Waals surface area contributed by atoms with E-state index in [1.54, 1.807) is 0 Å². The molecule has 0 radical (unpaired) electrons. The summed E-state index contributed by atoms with van der Waals surface area (Å²) in [5.41, 5.74) is 5.59. The number of benzene rings is 2. The molecule has 1 atom stereocenters. The molecule has 2 aromatic carbocycles. The minimum atomic E-state index is -0.369. The van der Waals surface area contributed by atoms with E-state index in [0.29, 0.717) is 0 Å². The molecule has 0 aromatic heterocycles. The molecule has 0 spiro atoms. The van der Waals surface area contributed by atoms with Gasteiger partial charge in [-0.05, 0) is 42.7 Å². The van der Waals surface area contributed by atoms with Gasteiger partial charge < -0.3 is 0 Å². The van der Waals surface area contributed by atoms with Crippen molar-refractivity contribution in [2.24, 2.45) is 0 Å². The van der Waals surface area contributed by atoms with Crippen LogP contribution in [0.1, 0.15) is 28.3 Å². The van der Waals surface area contributed by atoms with E-state index >= 15 is 0 Å². The van der Waals surface area contributed by atoms with Crippen molar-refractivity contribution in [1.82, 2.24) is 5.12 Å². The highest BCUT2D eigenvalue weighted by Gasteiger charge is 2.19. The van der Waals surface area contributed by atoms with E-state index in [-0.39, 0.29) is 6.04 Å². The number of rotatable bonds is 2. The Morgan fingerprint density at radius 1 is 0.952 bits per heavy atom. The Morgan fingerprint density at radius 2 is 1.62 bits per heavy atom. The molecule has 0 amide bonds. The van der Waals surface area contributed by atoms with E-state index in [2.05, 4.69) is 32.0 Å². The maximum atomic E-state index is 14.1. The molecule has 1 unspecified atom stereocenters. The lowest BCUT2D eigenvalue weighted by molar-refractivity contribution is 0.0557. The largest absolute Gasteiger partial charge is 0.208 e. The zero-order valence-electron chi connectivity index (χ0n) is 12.3. The fourth-order valence-electron chi connectivity index (χ4n) is 2.76. The van der Waals surface area contributed by atoms with Crippen molar-refractivity contribution in [3.05, 3.63) is 89.1 Å². The molecule has 0 saturated carbocycles. The Hall–Kier alpha value is -2.35. The van der Waals surface area contributed by atoms with Gasteiger partial charge in [0.15, 0.2) is 0 Å². The highest BCUT2D eigenvalue weighted by molar-refractivity contribution is 5.76. The molecule has 0 aliphatic carbocycles. The van der Waals surface area contributed by atoms with Crippen LogP contribution in [0, 0.1) is 13.8 Å². The summed E-state index contributed by atoms with van der Waals surface area (Å²) in [4.78, 5) is 0. The van der Waals surface area contributed by atoms with Gasteiger partial charge in [0.2, 0.25) is 0 Å². The molecule has 0 bridgehead atoms. The first kappa shape index (κ1) is 13.6. The van der Waals surface area contributed by atoms with Crippen LogP contribution in [0.2, 0.25) is 0 Å². The summed E-state index contributed by atoms with van der Waals surface area (Å²) < 4.78 is 14.1. The van der Waals surface area contributed by atoms with Crippen LogP contribution in [-0.4, -0.2) is 5.12 Å². The van der Waals surface area contributed by atoms with Gasteiger partial charge in [-0.15, -0.1) is 0 Å². The first-order valence-electron chi connectivity index (χ1n) is 7.11. The Kier molecular flexibility index (Phi) is 3.61. The highest BCUT2D eigenvalue weighted by atomic mass is 19.2. The summed E-state index contributed by atoms with van der Waals surface area (Å²) >= 11 is 0.